The molecule has 46 valence electrons. The Morgan fingerprint density at radius 3 is 2.43 bits per heavy atom. The van der Waals surface area contributed by atoms with Gasteiger partial charge in [0.05, 0.1) is 0 Å². The molecule has 0 bridgehead atoms. The first-order valence-electron chi connectivity index (χ1n) is 2.64. The zero-order valence-corrected chi connectivity index (χ0v) is 4.94. The largest absolute Gasteiger partial charge is 0.317 e. The molecule has 0 unspecified atom stereocenters. The van der Waals surface area contributed by atoms with Gasteiger partial charge in [0.25, 0.3) is 0 Å². The summed E-state index contributed by atoms with van der Waals surface area (Å²) in [5.41, 5.74) is 2.10. The van der Waals surface area contributed by atoms with Gasteiger partial charge in [0.15, 0.2) is 0 Å². The van der Waals surface area contributed by atoms with Crippen LogP contribution in [-0.2, 0) is 0 Å². The third-order valence-corrected chi connectivity index (χ3v) is 0.833. The maximum absolute atomic E-state index is 8.07. The van der Waals surface area contributed by atoms with E-state index in [0.29, 0.717) is 12.5 Å². The third kappa shape index (κ3) is 5.92. The Morgan fingerprint density at radius 1 is 1.71 bits per heavy atom. The predicted molar refractivity (Wildman–Crippen MR) is 31.4 cm³/mol. The van der Waals surface area contributed by atoms with Gasteiger partial charge in [-0.1, -0.05) is 13.8 Å². The number of hydroxylamine groups is 1. The van der Waals surface area contributed by atoms with Crippen LogP contribution in [0.3, 0.4) is 0 Å². The Morgan fingerprint density at radius 2 is 2.29 bits per heavy atom. The first-order valence-corrected chi connectivity index (χ1v) is 2.64. The van der Waals surface area contributed by atoms with E-state index in [1.54, 1.807) is 0 Å². The minimum Gasteiger partial charge on any atom is -0.317 e. The van der Waals surface area contributed by atoms with E-state index in [2.05, 4.69) is 19.3 Å². The van der Waals surface area contributed by atoms with E-state index in [9.17, 15) is 0 Å². The zero-order chi connectivity index (χ0) is 5.70. The summed E-state index contributed by atoms with van der Waals surface area (Å²) >= 11 is 0. The lowest BCUT2D eigenvalue weighted by atomic mass is 10.1. The second kappa shape index (κ2) is 4.09. The highest BCUT2D eigenvalue weighted by atomic mass is 16.5. The van der Waals surface area contributed by atoms with Crippen LogP contribution in [0.1, 0.15) is 21.7 Å². The van der Waals surface area contributed by atoms with Crippen LogP contribution < -0.4 is 5.48 Å². The highest BCUT2D eigenvalue weighted by Gasteiger charge is 1.88. The Hall–Kier alpha value is -0.0800. The van der Waals surface area contributed by atoms with Gasteiger partial charge in [0, 0.05) is 7.97 Å². The monoisotopic (exact) mass is 105 g/mol. The summed E-state index contributed by atoms with van der Waals surface area (Å²) in [4.78, 5) is 0. The summed E-state index contributed by atoms with van der Waals surface area (Å²) in [5.74, 6) is 0.680. The van der Waals surface area contributed by atoms with Gasteiger partial charge < -0.3 is 5.21 Å². The van der Waals surface area contributed by atoms with Crippen LogP contribution in [0.4, 0.5) is 0 Å². The molecule has 7 heavy (non-hydrogen) atoms. The van der Waals surface area contributed by atoms with Crippen molar-refractivity contribution in [1.29, 1.82) is 0 Å². The summed E-state index contributed by atoms with van der Waals surface area (Å²) in [6, 6.07) is 0. The van der Waals surface area contributed by atoms with Crippen LogP contribution in [0.25, 0.3) is 0 Å². The van der Waals surface area contributed by atoms with Crippen LogP contribution in [0.5, 0.6) is 0 Å². The Labute approximate surface area is 46.0 Å². The molecule has 2 N–H and O–H groups in total. The number of hydrogen-bond donors (Lipinski definition) is 2. The average molecular weight is 105 g/mol. The molecule has 0 fully saturated rings. The average Bonchev–Trinajstić information content (AvgIpc) is 1.61. The molecule has 0 radical (unpaired) electrons. The van der Waals surface area contributed by atoms with E-state index < -0.39 is 0 Å². The molecule has 0 atom stereocenters. The molecule has 2 nitrogen and oxygen atoms in total. The van der Waals surface area contributed by atoms with Gasteiger partial charge in [-0.05, 0) is 12.3 Å². The lowest BCUT2D eigenvalue weighted by Crippen LogP contribution is -2.10. The molecule has 0 aliphatic carbocycles. The Balaban J connectivity index is 0. The molecule has 0 aromatic rings. The molecule has 0 aliphatic heterocycles. The van der Waals surface area contributed by atoms with Gasteiger partial charge in [-0.15, -0.1) is 0 Å². The minimum absolute atomic E-state index is 0. The van der Waals surface area contributed by atoms with E-state index in [1.807, 2.05) is 0 Å². The second-order valence-electron chi connectivity index (χ2n) is 2.09. The van der Waals surface area contributed by atoms with Crippen molar-refractivity contribution in [2.45, 2.75) is 20.3 Å². The maximum atomic E-state index is 8.07. The molecule has 0 aromatic carbocycles. The van der Waals surface area contributed by atoms with Gasteiger partial charge in [0.1, 0.15) is 0 Å². The van der Waals surface area contributed by atoms with E-state index in [0.717, 1.165) is 6.42 Å². The van der Waals surface area contributed by atoms with Crippen molar-refractivity contribution >= 4 is 0 Å². The smallest absolute Gasteiger partial charge is 0.0209 e. The molecular weight excluding hydrogens is 90.1 g/mol. The molecule has 0 heterocycles. The van der Waals surface area contributed by atoms with Crippen molar-refractivity contribution in [3.8, 4) is 0 Å². The van der Waals surface area contributed by atoms with Crippen LogP contribution in [0.2, 0.25) is 0 Å². The highest BCUT2D eigenvalue weighted by molar-refractivity contribution is 4.42. The summed E-state index contributed by atoms with van der Waals surface area (Å²) < 4.78 is 0. The van der Waals surface area contributed by atoms with Crippen molar-refractivity contribution < 1.29 is 6.63 Å². The normalized spacial score (nSPS) is 10.3. The van der Waals surface area contributed by atoms with Crippen molar-refractivity contribution in [2.75, 3.05) is 6.54 Å². The first-order chi connectivity index (χ1) is 3.27. The van der Waals surface area contributed by atoms with Gasteiger partial charge in [-0.25, -0.2) is 5.48 Å². The molecule has 0 rings (SSSR count). The minimum atomic E-state index is 0. The predicted octanol–water partition coefficient (Wildman–Crippen LogP) is 1.26. The first kappa shape index (κ1) is 6.92. The Kier molecular flexibility index (Phi) is 4.04. The van der Waals surface area contributed by atoms with Crippen LogP contribution in [-0.4, -0.2) is 11.8 Å². The molecule has 0 saturated heterocycles. The molecule has 0 aliphatic rings. The van der Waals surface area contributed by atoms with E-state index in [-0.39, 0.29) is 1.43 Å². The quantitative estimate of drug-likeness (QED) is 0.529. The van der Waals surface area contributed by atoms with Gasteiger partial charge in [-0.2, -0.15) is 0 Å². The van der Waals surface area contributed by atoms with E-state index in [1.165, 1.54) is 0 Å². The molecule has 0 aromatic heterocycles. The van der Waals surface area contributed by atoms with Crippen molar-refractivity contribution in [3.63, 3.8) is 0 Å². The maximum Gasteiger partial charge on any atom is 0.0209 e. The molecule has 2 heteroatoms. The van der Waals surface area contributed by atoms with Crippen molar-refractivity contribution in [2.24, 2.45) is 5.92 Å². The fourth-order valence-corrected chi connectivity index (χ4v) is 0.353. The van der Waals surface area contributed by atoms with E-state index in [4.69, 9.17) is 5.21 Å². The number of hydrogen-bond acceptors (Lipinski definition) is 2. The standard InChI is InChI=1S/C5H13NO.H2/c1-5(2)3-4-6-7;/h5-7H,3-4H2,1-2H3;1H. The SMILES string of the molecule is CC(C)CCNO.[HH]. The number of rotatable bonds is 3. The summed E-state index contributed by atoms with van der Waals surface area (Å²) in [6.45, 7) is 4.95. The summed E-state index contributed by atoms with van der Waals surface area (Å²) in [7, 11) is 0. The lowest BCUT2D eigenvalue weighted by Gasteiger charge is -1.99. The fraction of sp³-hybridized carbons (Fsp3) is 1.00. The molecular formula is C5H15NO. The molecule has 0 amide bonds. The molecule has 0 saturated carbocycles. The van der Waals surface area contributed by atoms with Crippen LogP contribution >= 0.6 is 0 Å². The molecule has 0 spiro atoms. The van der Waals surface area contributed by atoms with E-state index >= 15 is 0 Å². The summed E-state index contributed by atoms with van der Waals surface area (Å²) in [5, 5.41) is 8.07. The van der Waals surface area contributed by atoms with Crippen molar-refractivity contribution in [3.05, 3.63) is 0 Å². The van der Waals surface area contributed by atoms with Gasteiger partial charge in [-0.3, -0.25) is 0 Å². The second-order valence-corrected chi connectivity index (χ2v) is 2.09. The van der Waals surface area contributed by atoms with Gasteiger partial charge in [0.2, 0.25) is 0 Å². The lowest BCUT2D eigenvalue weighted by molar-refractivity contribution is 0.161. The topological polar surface area (TPSA) is 32.3 Å². The van der Waals surface area contributed by atoms with Crippen LogP contribution in [0.15, 0.2) is 0 Å². The number of nitrogens with one attached hydrogen (secondary N) is 1. The third-order valence-electron chi connectivity index (χ3n) is 0.833. The van der Waals surface area contributed by atoms with Crippen molar-refractivity contribution in [1.82, 2.24) is 5.48 Å². The van der Waals surface area contributed by atoms with Gasteiger partial charge >= 0.3 is 0 Å². The fourth-order valence-electron chi connectivity index (χ4n) is 0.353. The summed E-state index contributed by atoms with van der Waals surface area (Å²) in [6.07, 6.45) is 1.04. The zero-order valence-electron chi connectivity index (χ0n) is 4.94. The highest BCUT2D eigenvalue weighted by Crippen LogP contribution is 1.94. The van der Waals surface area contributed by atoms with Crippen LogP contribution in [0, 0.1) is 5.92 Å². The Bertz CT molecular complexity index is 41.4.